The SMILES string of the molecule is O=S1CCC(Oc2cc(-n3cncn3)ncn2)CC1. The van der Waals surface area contributed by atoms with Crippen molar-refractivity contribution < 1.29 is 8.95 Å². The fourth-order valence-electron chi connectivity index (χ4n) is 1.91. The van der Waals surface area contributed by atoms with Gasteiger partial charge in [0, 0.05) is 28.4 Å². The van der Waals surface area contributed by atoms with Crippen molar-refractivity contribution in [1.29, 1.82) is 0 Å². The Balaban J connectivity index is 1.71. The molecule has 3 heterocycles. The quantitative estimate of drug-likeness (QED) is 0.806. The van der Waals surface area contributed by atoms with Crippen molar-refractivity contribution in [3.8, 4) is 11.7 Å². The van der Waals surface area contributed by atoms with Crippen LogP contribution < -0.4 is 4.74 Å². The Hall–Kier alpha value is -1.83. The lowest BCUT2D eigenvalue weighted by atomic mass is 10.2. The van der Waals surface area contributed by atoms with E-state index < -0.39 is 10.8 Å². The maximum atomic E-state index is 11.3. The molecule has 1 fully saturated rings. The summed E-state index contributed by atoms with van der Waals surface area (Å²) in [5, 5.41) is 4.00. The largest absolute Gasteiger partial charge is 0.474 e. The van der Waals surface area contributed by atoms with Gasteiger partial charge in [0.15, 0.2) is 5.82 Å². The Morgan fingerprint density at radius 1 is 1.26 bits per heavy atom. The molecule has 0 radical (unpaired) electrons. The molecule has 8 heteroatoms. The molecule has 1 saturated heterocycles. The zero-order valence-electron chi connectivity index (χ0n) is 10.2. The van der Waals surface area contributed by atoms with E-state index in [0.29, 0.717) is 23.2 Å². The summed E-state index contributed by atoms with van der Waals surface area (Å²) in [6, 6.07) is 1.72. The molecule has 1 aliphatic heterocycles. The number of nitrogens with zero attached hydrogens (tertiary/aromatic N) is 5. The first-order chi connectivity index (χ1) is 9.31. The van der Waals surface area contributed by atoms with Crippen LogP contribution in [0.1, 0.15) is 12.8 Å². The summed E-state index contributed by atoms with van der Waals surface area (Å²) in [6.45, 7) is 0. The van der Waals surface area contributed by atoms with Crippen LogP contribution in [-0.4, -0.2) is 46.6 Å². The zero-order chi connectivity index (χ0) is 13.1. The van der Waals surface area contributed by atoms with E-state index in [9.17, 15) is 4.21 Å². The van der Waals surface area contributed by atoms with Gasteiger partial charge in [0.2, 0.25) is 5.88 Å². The average molecular weight is 279 g/mol. The summed E-state index contributed by atoms with van der Waals surface area (Å²) >= 11 is 0. The Bertz CT molecular complexity index is 564. The molecule has 0 N–H and O–H groups in total. The predicted molar refractivity (Wildman–Crippen MR) is 68.5 cm³/mol. The van der Waals surface area contributed by atoms with Crippen LogP contribution in [-0.2, 0) is 10.8 Å². The molecule has 3 rings (SSSR count). The summed E-state index contributed by atoms with van der Waals surface area (Å²) in [5.41, 5.74) is 0. The molecule has 1 aliphatic rings. The number of aromatic nitrogens is 5. The normalized spacial score (nSPS) is 23.2. The molecule has 0 unspecified atom stereocenters. The first kappa shape index (κ1) is 12.2. The minimum atomic E-state index is -0.683. The monoisotopic (exact) mass is 279 g/mol. The molecular weight excluding hydrogens is 266 g/mol. The first-order valence-electron chi connectivity index (χ1n) is 6.00. The molecule has 0 amide bonds. The standard InChI is InChI=1S/C11H13N5O2S/c17-19-3-1-9(2-4-19)18-11-5-10(13-7-14-11)16-8-12-6-15-16/h5-9H,1-4H2. The third-order valence-electron chi connectivity index (χ3n) is 2.90. The van der Waals surface area contributed by atoms with E-state index in [-0.39, 0.29) is 6.10 Å². The van der Waals surface area contributed by atoms with Gasteiger partial charge in [-0.15, -0.1) is 0 Å². The highest BCUT2D eigenvalue weighted by atomic mass is 32.2. The Kier molecular flexibility index (Phi) is 3.49. The fraction of sp³-hybridized carbons (Fsp3) is 0.455. The second-order valence-corrected chi connectivity index (χ2v) is 5.92. The van der Waals surface area contributed by atoms with Crippen molar-refractivity contribution in [3.05, 3.63) is 25.0 Å². The molecule has 0 saturated carbocycles. The molecular formula is C11H13N5O2S. The van der Waals surface area contributed by atoms with Crippen molar-refractivity contribution in [3.63, 3.8) is 0 Å². The van der Waals surface area contributed by atoms with Crippen LogP contribution in [0.5, 0.6) is 5.88 Å². The van der Waals surface area contributed by atoms with Gasteiger partial charge in [-0.2, -0.15) is 5.10 Å². The summed E-state index contributed by atoms with van der Waals surface area (Å²) in [4.78, 5) is 12.1. The topological polar surface area (TPSA) is 82.8 Å². The van der Waals surface area contributed by atoms with Gasteiger partial charge in [0.25, 0.3) is 0 Å². The highest BCUT2D eigenvalue weighted by molar-refractivity contribution is 7.85. The minimum Gasteiger partial charge on any atom is -0.474 e. The van der Waals surface area contributed by atoms with E-state index in [4.69, 9.17) is 4.74 Å². The fourth-order valence-corrected chi connectivity index (χ4v) is 3.16. The van der Waals surface area contributed by atoms with Gasteiger partial charge in [-0.25, -0.2) is 19.6 Å². The van der Waals surface area contributed by atoms with Gasteiger partial charge in [0.05, 0.1) is 0 Å². The molecule has 19 heavy (non-hydrogen) atoms. The van der Waals surface area contributed by atoms with Gasteiger partial charge in [-0.1, -0.05) is 0 Å². The molecule has 0 bridgehead atoms. The third kappa shape index (κ3) is 2.95. The van der Waals surface area contributed by atoms with Crippen LogP contribution in [0, 0.1) is 0 Å². The molecule has 0 spiro atoms. The van der Waals surface area contributed by atoms with Crippen LogP contribution in [0.15, 0.2) is 25.0 Å². The van der Waals surface area contributed by atoms with Crippen molar-refractivity contribution in [2.24, 2.45) is 0 Å². The van der Waals surface area contributed by atoms with Gasteiger partial charge in [0.1, 0.15) is 25.1 Å². The second-order valence-electron chi connectivity index (χ2n) is 4.22. The van der Waals surface area contributed by atoms with Crippen molar-refractivity contribution in [1.82, 2.24) is 24.7 Å². The molecule has 0 atom stereocenters. The number of ether oxygens (including phenoxy) is 1. The van der Waals surface area contributed by atoms with Crippen molar-refractivity contribution in [2.45, 2.75) is 18.9 Å². The van der Waals surface area contributed by atoms with E-state index in [0.717, 1.165) is 12.8 Å². The third-order valence-corrected chi connectivity index (χ3v) is 4.29. The van der Waals surface area contributed by atoms with Crippen molar-refractivity contribution in [2.75, 3.05) is 11.5 Å². The molecule has 2 aromatic rings. The summed E-state index contributed by atoms with van der Waals surface area (Å²) < 4.78 is 18.6. The van der Waals surface area contributed by atoms with Gasteiger partial charge < -0.3 is 4.74 Å². The maximum absolute atomic E-state index is 11.3. The van der Waals surface area contributed by atoms with Gasteiger partial charge in [-0.05, 0) is 12.8 Å². The van der Waals surface area contributed by atoms with E-state index in [2.05, 4.69) is 20.1 Å². The van der Waals surface area contributed by atoms with Crippen LogP contribution in [0.25, 0.3) is 5.82 Å². The summed E-state index contributed by atoms with van der Waals surface area (Å²) in [5.74, 6) is 2.53. The first-order valence-corrected chi connectivity index (χ1v) is 7.49. The van der Waals surface area contributed by atoms with Crippen LogP contribution in [0.4, 0.5) is 0 Å². The Morgan fingerprint density at radius 2 is 2.11 bits per heavy atom. The summed E-state index contributed by atoms with van der Waals surface area (Å²) in [6.07, 6.45) is 6.13. The second kappa shape index (κ2) is 5.43. The minimum absolute atomic E-state index is 0.0798. The van der Waals surface area contributed by atoms with Gasteiger partial charge >= 0.3 is 0 Å². The number of rotatable bonds is 3. The van der Waals surface area contributed by atoms with Crippen LogP contribution in [0.3, 0.4) is 0 Å². The Morgan fingerprint density at radius 3 is 2.84 bits per heavy atom. The highest BCUT2D eigenvalue weighted by Gasteiger charge is 2.19. The lowest BCUT2D eigenvalue weighted by Crippen LogP contribution is -2.27. The lowest BCUT2D eigenvalue weighted by molar-refractivity contribution is 0.183. The lowest BCUT2D eigenvalue weighted by Gasteiger charge is -2.22. The van der Waals surface area contributed by atoms with E-state index in [1.165, 1.54) is 12.7 Å². The smallest absolute Gasteiger partial charge is 0.218 e. The zero-order valence-corrected chi connectivity index (χ0v) is 11.0. The molecule has 2 aromatic heterocycles. The van der Waals surface area contributed by atoms with Crippen molar-refractivity contribution >= 4 is 10.8 Å². The number of hydrogen-bond donors (Lipinski definition) is 0. The molecule has 0 aliphatic carbocycles. The average Bonchev–Trinajstić information content (AvgIpc) is 2.96. The Labute approximate surface area is 112 Å². The summed E-state index contributed by atoms with van der Waals surface area (Å²) in [7, 11) is -0.683. The van der Waals surface area contributed by atoms with Crippen LogP contribution >= 0.6 is 0 Å². The molecule has 7 nitrogen and oxygen atoms in total. The number of hydrogen-bond acceptors (Lipinski definition) is 6. The van der Waals surface area contributed by atoms with Crippen LogP contribution in [0.2, 0.25) is 0 Å². The molecule has 0 aromatic carbocycles. The molecule has 100 valence electrons. The maximum Gasteiger partial charge on any atom is 0.218 e. The predicted octanol–water partition coefficient (Wildman–Crippen LogP) is 0.347. The van der Waals surface area contributed by atoms with E-state index in [1.54, 1.807) is 17.1 Å². The van der Waals surface area contributed by atoms with Gasteiger partial charge in [-0.3, -0.25) is 4.21 Å². The van der Waals surface area contributed by atoms with E-state index >= 15 is 0 Å². The highest BCUT2D eigenvalue weighted by Crippen LogP contribution is 2.17. The van der Waals surface area contributed by atoms with E-state index in [1.807, 2.05) is 0 Å².